The van der Waals surface area contributed by atoms with Gasteiger partial charge in [0.05, 0.1) is 11.8 Å². The molecule has 2 amide bonds. The van der Waals surface area contributed by atoms with Crippen LogP contribution in [0.3, 0.4) is 0 Å². The van der Waals surface area contributed by atoms with Crippen LogP contribution in [0.4, 0.5) is 10.5 Å². The van der Waals surface area contributed by atoms with Gasteiger partial charge in [-0.3, -0.25) is 10.1 Å². The SMILES string of the molecule is N#CCn1c(C(=O)N2CCC3(CC2)OC(=O)Nc2ccccc23)cc2cc(Cl)ccc21. The number of nitrogens with one attached hydrogen (secondary N) is 1. The molecular weight excluding hydrogens is 416 g/mol. The number of nitriles is 1. The molecule has 1 fully saturated rings. The molecular formula is C23H19ClN4O3. The number of benzene rings is 2. The molecule has 0 aliphatic carbocycles. The summed E-state index contributed by atoms with van der Waals surface area (Å²) in [5.41, 5.74) is 2.21. The molecule has 31 heavy (non-hydrogen) atoms. The summed E-state index contributed by atoms with van der Waals surface area (Å²) in [5.74, 6) is -0.147. The fourth-order valence-corrected chi connectivity index (χ4v) is 4.80. The number of amides is 2. The van der Waals surface area contributed by atoms with Gasteiger partial charge in [-0.05, 0) is 30.3 Å². The van der Waals surface area contributed by atoms with E-state index >= 15 is 0 Å². The predicted molar refractivity (Wildman–Crippen MR) is 116 cm³/mol. The molecule has 0 unspecified atom stereocenters. The molecule has 3 aromatic rings. The van der Waals surface area contributed by atoms with Crippen molar-refractivity contribution >= 4 is 40.2 Å². The van der Waals surface area contributed by atoms with Crippen molar-refractivity contribution in [1.82, 2.24) is 9.47 Å². The lowest BCUT2D eigenvalue weighted by atomic mass is 9.82. The number of aromatic nitrogens is 1. The molecule has 2 aliphatic rings. The molecule has 0 atom stereocenters. The maximum Gasteiger partial charge on any atom is 0.412 e. The number of hydrogen-bond acceptors (Lipinski definition) is 4. The van der Waals surface area contributed by atoms with Crippen molar-refractivity contribution in [3.05, 3.63) is 64.8 Å². The van der Waals surface area contributed by atoms with Crippen molar-refractivity contribution in [1.29, 1.82) is 5.26 Å². The number of halogens is 1. The highest BCUT2D eigenvalue weighted by atomic mass is 35.5. The summed E-state index contributed by atoms with van der Waals surface area (Å²) < 4.78 is 7.47. The van der Waals surface area contributed by atoms with Crippen molar-refractivity contribution in [2.75, 3.05) is 18.4 Å². The van der Waals surface area contributed by atoms with E-state index < -0.39 is 11.7 Å². The second kappa shape index (κ2) is 7.33. The number of rotatable bonds is 2. The number of carbonyl (C=O) groups excluding carboxylic acids is 2. The predicted octanol–water partition coefficient (Wildman–Crippen LogP) is 4.51. The number of anilines is 1. The maximum atomic E-state index is 13.4. The molecule has 1 aromatic heterocycles. The Bertz CT molecular complexity index is 1250. The van der Waals surface area contributed by atoms with Crippen LogP contribution in [0.25, 0.3) is 10.9 Å². The van der Waals surface area contributed by atoms with E-state index in [0.717, 1.165) is 22.2 Å². The molecule has 0 radical (unpaired) electrons. The van der Waals surface area contributed by atoms with Gasteiger partial charge in [-0.15, -0.1) is 0 Å². The molecule has 1 spiro atoms. The van der Waals surface area contributed by atoms with Gasteiger partial charge in [0.2, 0.25) is 0 Å². The van der Waals surface area contributed by atoms with Crippen LogP contribution >= 0.6 is 11.6 Å². The van der Waals surface area contributed by atoms with Gasteiger partial charge in [-0.25, -0.2) is 4.79 Å². The molecule has 0 saturated carbocycles. The number of likely N-dealkylation sites (tertiary alicyclic amines) is 1. The molecule has 3 heterocycles. The van der Waals surface area contributed by atoms with Gasteiger partial charge in [0.15, 0.2) is 0 Å². The Morgan fingerprint density at radius 3 is 2.74 bits per heavy atom. The third-order valence-corrected chi connectivity index (χ3v) is 6.35. The first kappa shape index (κ1) is 19.5. The summed E-state index contributed by atoms with van der Waals surface area (Å²) in [6, 6.07) is 16.9. The van der Waals surface area contributed by atoms with E-state index in [2.05, 4.69) is 11.4 Å². The van der Waals surface area contributed by atoms with E-state index in [1.54, 1.807) is 27.7 Å². The molecule has 2 aliphatic heterocycles. The van der Waals surface area contributed by atoms with Crippen LogP contribution in [0.1, 0.15) is 28.9 Å². The van der Waals surface area contributed by atoms with E-state index in [0.29, 0.717) is 36.6 Å². The van der Waals surface area contributed by atoms with Crippen LogP contribution in [0.5, 0.6) is 0 Å². The lowest BCUT2D eigenvalue weighted by Gasteiger charge is -2.44. The highest BCUT2D eigenvalue weighted by molar-refractivity contribution is 6.31. The molecule has 5 rings (SSSR count). The van der Waals surface area contributed by atoms with Gasteiger partial charge in [-0.2, -0.15) is 5.26 Å². The Labute approximate surface area is 183 Å². The molecule has 156 valence electrons. The van der Waals surface area contributed by atoms with Crippen molar-refractivity contribution in [2.45, 2.75) is 25.0 Å². The number of hydrogen-bond donors (Lipinski definition) is 1. The molecule has 8 heteroatoms. The zero-order chi connectivity index (χ0) is 21.6. The summed E-state index contributed by atoms with van der Waals surface area (Å²) in [5, 5.41) is 13.4. The van der Waals surface area contributed by atoms with Crippen LogP contribution in [-0.4, -0.2) is 34.6 Å². The van der Waals surface area contributed by atoms with Crippen LogP contribution in [0.15, 0.2) is 48.5 Å². The topological polar surface area (TPSA) is 87.4 Å². The largest absolute Gasteiger partial charge is 0.438 e. The van der Waals surface area contributed by atoms with Crippen LogP contribution in [-0.2, 0) is 16.9 Å². The van der Waals surface area contributed by atoms with Crippen LogP contribution in [0, 0.1) is 11.3 Å². The minimum absolute atomic E-state index is 0.0701. The van der Waals surface area contributed by atoms with Gasteiger partial charge in [0.1, 0.15) is 17.8 Å². The standard InChI is InChI=1S/C23H19ClN4O3/c24-16-5-6-19-15(13-16)14-20(28(19)12-9-25)21(29)27-10-7-23(8-11-27)17-3-1-2-4-18(17)26-22(30)31-23/h1-6,13-14H,7-8,10-12H2,(H,26,30). The summed E-state index contributed by atoms with van der Waals surface area (Å²) in [6.45, 7) is 0.950. The minimum Gasteiger partial charge on any atom is -0.438 e. The van der Waals surface area contributed by atoms with Crippen molar-refractivity contribution in [3.8, 4) is 6.07 Å². The molecule has 2 aromatic carbocycles. The molecule has 1 saturated heterocycles. The van der Waals surface area contributed by atoms with Crippen molar-refractivity contribution in [3.63, 3.8) is 0 Å². The minimum atomic E-state index is -0.734. The molecule has 0 bridgehead atoms. The first-order valence-corrected chi connectivity index (χ1v) is 10.4. The first-order chi connectivity index (χ1) is 15.0. The third-order valence-electron chi connectivity index (χ3n) is 6.11. The van der Waals surface area contributed by atoms with Gasteiger partial charge >= 0.3 is 6.09 Å². The average molecular weight is 435 g/mol. The Balaban J connectivity index is 1.43. The third kappa shape index (κ3) is 3.20. The molecule has 1 N–H and O–H groups in total. The highest BCUT2D eigenvalue weighted by Gasteiger charge is 2.45. The average Bonchev–Trinajstić information content (AvgIpc) is 3.11. The Hall–Kier alpha value is -3.50. The van der Waals surface area contributed by atoms with Crippen LogP contribution < -0.4 is 5.32 Å². The fourth-order valence-electron chi connectivity index (χ4n) is 4.62. The summed E-state index contributed by atoms with van der Waals surface area (Å²) in [6.07, 6.45) is 0.547. The quantitative estimate of drug-likeness (QED) is 0.642. The maximum absolute atomic E-state index is 13.4. The summed E-state index contributed by atoms with van der Waals surface area (Å²) >= 11 is 6.11. The van der Waals surface area contributed by atoms with E-state index in [1.807, 2.05) is 30.3 Å². The lowest BCUT2D eigenvalue weighted by molar-refractivity contribution is -0.0333. The van der Waals surface area contributed by atoms with Crippen molar-refractivity contribution in [2.24, 2.45) is 0 Å². The Kier molecular flexibility index (Phi) is 4.60. The van der Waals surface area contributed by atoms with Gasteiger partial charge in [0.25, 0.3) is 5.91 Å². The first-order valence-electron chi connectivity index (χ1n) is 10.1. The van der Waals surface area contributed by atoms with Crippen molar-refractivity contribution < 1.29 is 14.3 Å². The summed E-state index contributed by atoms with van der Waals surface area (Å²) in [7, 11) is 0. The lowest BCUT2D eigenvalue weighted by Crippen LogP contribution is -2.50. The second-order valence-corrected chi connectivity index (χ2v) is 8.26. The number of nitrogens with zero attached hydrogens (tertiary/aromatic N) is 3. The number of carbonyl (C=O) groups is 2. The smallest absolute Gasteiger partial charge is 0.412 e. The van der Waals surface area contributed by atoms with Gasteiger partial charge in [0, 0.05) is 47.4 Å². The zero-order valence-electron chi connectivity index (χ0n) is 16.6. The van der Waals surface area contributed by atoms with E-state index in [9.17, 15) is 14.9 Å². The normalized spacial score (nSPS) is 17.0. The summed E-state index contributed by atoms with van der Waals surface area (Å²) in [4.78, 5) is 27.3. The number of ether oxygens (including phenoxy) is 1. The molecule has 7 nitrogen and oxygen atoms in total. The second-order valence-electron chi connectivity index (χ2n) is 7.82. The fraction of sp³-hybridized carbons (Fsp3) is 0.261. The Morgan fingerprint density at radius 1 is 1.19 bits per heavy atom. The number of para-hydroxylation sites is 1. The highest BCUT2D eigenvalue weighted by Crippen LogP contribution is 2.43. The van der Waals surface area contributed by atoms with E-state index in [4.69, 9.17) is 16.3 Å². The van der Waals surface area contributed by atoms with E-state index in [1.165, 1.54) is 0 Å². The zero-order valence-corrected chi connectivity index (χ0v) is 17.4. The van der Waals surface area contributed by atoms with Crippen LogP contribution in [0.2, 0.25) is 5.02 Å². The van der Waals surface area contributed by atoms with E-state index in [-0.39, 0.29) is 12.5 Å². The van der Waals surface area contributed by atoms with Gasteiger partial charge in [-0.1, -0.05) is 29.8 Å². The number of fused-ring (bicyclic) bond motifs is 3. The number of piperidine rings is 1. The Morgan fingerprint density at radius 2 is 1.97 bits per heavy atom. The van der Waals surface area contributed by atoms with Gasteiger partial charge < -0.3 is 14.2 Å². The monoisotopic (exact) mass is 434 g/mol.